The highest BCUT2D eigenvalue weighted by Crippen LogP contribution is 2.41. The highest BCUT2D eigenvalue weighted by atomic mass is 16.5. The molecule has 0 aliphatic carbocycles. The predicted octanol–water partition coefficient (Wildman–Crippen LogP) is 2.72. The molecule has 4 nitrogen and oxygen atoms in total. The van der Waals surface area contributed by atoms with E-state index in [0.717, 1.165) is 77.9 Å². The number of hydrogen-bond acceptors (Lipinski definition) is 3. The van der Waals surface area contributed by atoms with Crippen molar-refractivity contribution in [3.63, 3.8) is 0 Å². The molecule has 0 saturated carbocycles. The lowest BCUT2D eigenvalue weighted by molar-refractivity contribution is -0.150. The Hall–Kier alpha value is -1.39. The summed E-state index contributed by atoms with van der Waals surface area (Å²) in [7, 11) is 0. The van der Waals surface area contributed by atoms with Crippen molar-refractivity contribution in [2.24, 2.45) is 5.41 Å². The van der Waals surface area contributed by atoms with Gasteiger partial charge in [0, 0.05) is 38.9 Å². The molecule has 3 saturated heterocycles. The van der Waals surface area contributed by atoms with E-state index in [4.69, 9.17) is 4.74 Å². The average Bonchev–Trinajstić information content (AvgIpc) is 3.08. The molecule has 1 aromatic carbocycles. The first kappa shape index (κ1) is 17.0. The number of piperidine rings is 1. The molecule has 0 radical (unpaired) electrons. The molecule has 25 heavy (non-hydrogen) atoms. The number of ether oxygens (including phenoxy) is 1. The van der Waals surface area contributed by atoms with Gasteiger partial charge in [0.05, 0.1) is 5.41 Å². The van der Waals surface area contributed by atoms with Gasteiger partial charge in [-0.05, 0) is 50.6 Å². The van der Waals surface area contributed by atoms with Crippen molar-refractivity contribution in [2.75, 3.05) is 39.4 Å². The fourth-order valence-electron chi connectivity index (χ4n) is 4.91. The summed E-state index contributed by atoms with van der Waals surface area (Å²) >= 11 is 0. The van der Waals surface area contributed by atoms with Gasteiger partial charge in [-0.1, -0.05) is 30.3 Å². The number of carbonyl (C=O) groups is 1. The summed E-state index contributed by atoms with van der Waals surface area (Å²) in [5, 5.41) is 0. The number of likely N-dealkylation sites (tertiary alicyclic amines) is 2. The summed E-state index contributed by atoms with van der Waals surface area (Å²) < 4.78 is 5.49. The Labute approximate surface area is 151 Å². The molecule has 3 heterocycles. The molecule has 3 aliphatic rings. The van der Waals surface area contributed by atoms with Crippen LogP contribution in [0.1, 0.15) is 37.7 Å². The topological polar surface area (TPSA) is 32.8 Å². The van der Waals surface area contributed by atoms with Gasteiger partial charge in [-0.2, -0.15) is 0 Å². The second-order valence-electron chi connectivity index (χ2n) is 7.99. The van der Waals surface area contributed by atoms with Crippen LogP contribution in [0.15, 0.2) is 30.3 Å². The van der Waals surface area contributed by atoms with Gasteiger partial charge in [-0.25, -0.2) is 0 Å². The van der Waals surface area contributed by atoms with Crippen molar-refractivity contribution in [1.29, 1.82) is 0 Å². The zero-order valence-corrected chi connectivity index (χ0v) is 15.2. The highest BCUT2D eigenvalue weighted by molar-refractivity contribution is 5.84. The van der Waals surface area contributed by atoms with Crippen LogP contribution in [-0.4, -0.2) is 61.1 Å². The molecule has 0 N–H and O–H groups in total. The lowest BCUT2D eigenvalue weighted by atomic mass is 9.77. The van der Waals surface area contributed by atoms with Crippen LogP contribution in [0.3, 0.4) is 0 Å². The summed E-state index contributed by atoms with van der Waals surface area (Å²) in [6, 6.07) is 11.1. The molecular weight excluding hydrogens is 312 g/mol. The molecule has 4 heteroatoms. The first-order valence-electron chi connectivity index (χ1n) is 9.92. The van der Waals surface area contributed by atoms with E-state index in [-0.39, 0.29) is 5.41 Å². The molecule has 0 aromatic heterocycles. The Morgan fingerprint density at radius 3 is 2.68 bits per heavy atom. The maximum atomic E-state index is 13.3. The van der Waals surface area contributed by atoms with Crippen molar-refractivity contribution in [3.8, 4) is 0 Å². The minimum atomic E-state index is -0.104. The Balaban J connectivity index is 1.37. The minimum absolute atomic E-state index is 0.104. The smallest absolute Gasteiger partial charge is 0.230 e. The van der Waals surface area contributed by atoms with Gasteiger partial charge in [0.25, 0.3) is 0 Å². The third-order valence-corrected chi connectivity index (χ3v) is 6.39. The van der Waals surface area contributed by atoms with Crippen LogP contribution in [0.5, 0.6) is 0 Å². The monoisotopic (exact) mass is 342 g/mol. The number of nitrogens with zero attached hydrogens (tertiary/aromatic N) is 2. The van der Waals surface area contributed by atoms with E-state index < -0.39 is 0 Å². The number of rotatable bonds is 4. The highest BCUT2D eigenvalue weighted by Gasteiger charge is 2.49. The van der Waals surface area contributed by atoms with E-state index in [1.54, 1.807) is 0 Å². The van der Waals surface area contributed by atoms with Crippen LogP contribution in [-0.2, 0) is 16.0 Å². The molecule has 0 bridgehead atoms. The van der Waals surface area contributed by atoms with Gasteiger partial charge in [0.15, 0.2) is 0 Å². The van der Waals surface area contributed by atoms with E-state index in [1.807, 2.05) is 0 Å². The fourth-order valence-corrected chi connectivity index (χ4v) is 4.91. The van der Waals surface area contributed by atoms with E-state index in [1.165, 1.54) is 5.56 Å². The van der Waals surface area contributed by atoms with Crippen molar-refractivity contribution >= 4 is 5.91 Å². The molecule has 1 spiro atoms. The van der Waals surface area contributed by atoms with Crippen LogP contribution in [0.4, 0.5) is 0 Å². The van der Waals surface area contributed by atoms with E-state index >= 15 is 0 Å². The summed E-state index contributed by atoms with van der Waals surface area (Å²) in [6.45, 7) is 5.67. The summed E-state index contributed by atoms with van der Waals surface area (Å²) in [6.07, 6.45) is 6.39. The Kier molecular flexibility index (Phi) is 5.09. The largest absolute Gasteiger partial charge is 0.381 e. The summed E-state index contributed by atoms with van der Waals surface area (Å²) in [5.41, 5.74) is 1.29. The maximum Gasteiger partial charge on any atom is 0.230 e. The van der Waals surface area contributed by atoms with Gasteiger partial charge < -0.3 is 14.5 Å². The molecule has 3 fully saturated rings. The Morgan fingerprint density at radius 1 is 1.08 bits per heavy atom. The predicted molar refractivity (Wildman–Crippen MR) is 98.4 cm³/mol. The first-order chi connectivity index (χ1) is 12.3. The van der Waals surface area contributed by atoms with E-state index in [0.29, 0.717) is 11.9 Å². The minimum Gasteiger partial charge on any atom is -0.381 e. The first-order valence-corrected chi connectivity index (χ1v) is 9.92. The normalized spacial score (nSPS) is 28.8. The second-order valence-corrected chi connectivity index (χ2v) is 7.99. The van der Waals surface area contributed by atoms with E-state index in [2.05, 4.69) is 40.1 Å². The van der Waals surface area contributed by atoms with Crippen molar-refractivity contribution < 1.29 is 9.53 Å². The van der Waals surface area contributed by atoms with Crippen molar-refractivity contribution in [3.05, 3.63) is 35.9 Å². The second kappa shape index (κ2) is 7.46. The standard InChI is InChI=1S/C21H30N2O2/c24-20-21(10-4-12-23(20)19-8-15-25-16-9-19)11-14-22(17-21)13-7-18-5-2-1-3-6-18/h1-3,5-6,19H,4,7-17H2. The van der Waals surface area contributed by atoms with Crippen LogP contribution in [0, 0.1) is 5.41 Å². The number of benzene rings is 1. The van der Waals surface area contributed by atoms with Gasteiger partial charge in [0.1, 0.15) is 0 Å². The molecule has 1 amide bonds. The van der Waals surface area contributed by atoms with Gasteiger partial charge in [-0.3, -0.25) is 4.79 Å². The maximum absolute atomic E-state index is 13.3. The Bertz CT molecular complexity index is 585. The third kappa shape index (κ3) is 3.61. The number of amides is 1. The van der Waals surface area contributed by atoms with Crippen LogP contribution in [0.25, 0.3) is 0 Å². The lowest BCUT2D eigenvalue weighted by Crippen LogP contribution is -2.54. The molecule has 1 unspecified atom stereocenters. The van der Waals surface area contributed by atoms with Crippen LogP contribution < -0.4 is 0 Å². The molecule has 1 aromatic rings. The fraction of sp³-hybridized carbons (Fsp3) is 0.667. The summed E-state index contributed by atoms with van der Waals surface area (Å²) in [5.74, 6) is 0.438. The van der Waals surface area contributed by atoms with Gasteiger partial charge >= 0.3 is 0 Å². The van der Waals surface area contributed by atoms with E-state index in [9.17, 15) is 4.79 Å². The average molecular weight is 342 g/mol. The van der Waals surface area contributed by atoms with Crippen LogP contribution >= 0.6 is 0 Å². The molecule has 4 rings (SSSR count). The molecule has 3 aliphatic heterocycles. The Morgan fingerprint density at radius 2 is 1.88 bits per heavy atom. The van der Waals surface area contributed by atoms with Gasteiger partial charge in [0.2, 0.25) is 5.91 Å². The van der Waals surface area contributed by atoms with Crippen molar-refractivity contribution in [1.82, 2.24) is 9.80 Å². The zero-order valence-electron chi connectivity index (χ0n) is 15.2. The summed E-state index contributed by atoms with van der Waals surface area (Å²) in [4.78, 5) is 18.1. The van der Waals surface area contributed by atoms with Gasteiger partial charge in [-0.15, -0.1) is 0 Å². The molecule has 136 valence electrons. The number of hydrogen-bond donors (Lipinski definition) is 0. The zero-order chi connectivity index (χ0) is 17.1. The molecule has 1 atom stereocenters. The SMILES string of the molecule is O=C1N(C2CCOCC2)CCCC12CCN(CCc1ccccc1)C2. The quantitative estimate of drug-likeness (QED) is 0.843. The molecular formula is C21H30N2O2. The lowest BCUT2D eigenvalue weighted by Gasteiger charge is -2.44. The van der Waals surface area contributed by atoms with Crippen molar-refractivity contribution in [2.45, 2.75) is 44.6 Å². The number of carbonyl (C=O) groups excluding carboxylic acids is 1. The third-order valence-electron chi connectivity index (χ3n) is 6.39. The van der Waals surface area contributed by atoms with Crippen LogP contribution in [0.2, 0.25) is 0 Å².